The molecule has 5 heteroatoms. The van der Waals surface area contributed by atoms with Gasteiger partial charge in [-0.25, -0.2) is 0 Å². The lowest BCUT2D eigenvalue weighted by atomic mass is 10.1. The van der Waals surface area contributed by atoms with E-state index in [-0.39, 0.29) is 12.3 Å². The van der Waals surface area contributed by atoms with Crippen LogP contribution in [0, 0.1) is 0 Å². The van der Waals surface area contributed by atoms with Crippen molar-refractivity contribution in [3.8, 4) is 0 Å². The van der Waals surface area contributed by atoms with Gasteiger partial charge in [0.05, 0.1) is 0 Å². The molecule has 0 spiro atoms. The van der Waals surface area contributed by atoms with Gasteiger partial charge in [0.15, 0.2) is 0 Å². The Morgan fingerprint density at radius 1 is 1.10 bits per heavy atom. The van der Waals surface area contributed by atoms with Crippen LogP contribution in [0.1, 0.15) is 22.3 Å². The summed E-state index contributed by atoms with van der Waals surface area (Å²) in [4.78, 5) is 22.6. The van der Waals surface area contributed by atoms with Crippen LogP contribution in [0.2, 0.25) is 5.02 Å². The summed E-state index contributed by atoms with van der Waals surface area (Å²) in [5.41, 5.74) is 1.96. The first kappa shape index (κ1) is 15.1. The third-order valence-corrected chi connectivity index (χ3v) is 3.13. The highest BCUT2D eigenvalue weighted by atomic mass is 35.5. The van der Waals surface area contributed by atoms with Gasteiger partial charge in [-0.05, 0) is 42.3 Å². The molecule has 21 heavy (non-hydrogen) atoms. The van der Waals surface area contributed by atoms with Gasteiger partial charge in [0.1, 0.15) is 0 Å². The smallest absolute Gasteiger partial charge is 0.303 e. The van der Waals surface area contributed by atoms with Crippen LogP contribution in [0.25, 0.3) is 0 Å². The fourth-order valence-corrected chi connectivity index (χ4v) is 2.08. The molecular formula is C16H14ClNO3. The van der Waals surface area contributed by atoms with E-state index in [0.29, 0.717) is 22.7 Å². The molecule has 0 saturated carbocycles. The second kappa shape index (κ2) is 6.90. The van der Waals surface area contributed by atoms with E-state index in [9.17, 15) is 9.59 Å². The summed E-state index contributed by atoms with van der Waals surface area (Å²) in [6.07, 6.45) is 0.488. The van der Waals surface area contributed by atoms with Crippen molar-refractivity contribution in [2.24, 2.45) is 0 Å². The predicted octanol–water partition coefficient (Wildman–Crippen LogP) is 3.61. The lowest BCUT2D eigenvalue weighted by molar-refractivity contribution is -0.136. The first-order chi connectivity index (χ1) is 10.0. The molecule has 2 aromatic carbocycles. The van der Waals surface area contributed by atoms with Gasteiger partial charge in [-0.3, -0.25) is 9.59 Å². The Hall–Kier alpha value is -2.33. The third kappa shape index (κ3) is 4.61. The molecule has 0 atom stereocenters. The fourth-order valence-electron chi connectivity index (χ4n) is 1.89. The highest BCUT2D eigenvalue weighted by Gasteiger charge is 2.07. The van der Waals surface area contributed by atoms with Crippen LogP contribution in [0.3, 0.4) is 0 Å². The van der Waals surface area contributed by atoms with E-state index in [0.717, 1.165) is 5.56 Å². The maximum absolute atomic E-state index is 12.1. The summed E-state index contributed by atoms with van der Waals surface area (Å²) in [6.45, 7) is 0. The van der Waals surface area contributed by atoms with Crippen LogP contribution < -0.4 is 5.32 Å². The molecule has 108 valence electrons. The molecule has 0 aromatic heterocycles. The molecule has 0 radical (unpaired) electrons. The summed E-state index contributed by atoms with van der Waals surface area (Å²) < 4.78 is 0. The maximum atomic E-state index is 12.1. The molecule has 0 aliphatic rings. The third-order valence-electron chi connectivity index (χ3n) is 2.90. The van der Waals surface area contributed by atoms with Crippen LogP contribution >= 0.6 is 11.6 Å². The van der Waals surface area contributed by atoms with Gasteiger partial charge < -0.3 is 10.4 Å². The summed E-state index contributed by atoms with van der Waals surface area (Å²) in [7, 11) is 0. The van der Waals surface area contributed by atoms with Gasteiger partial charge >= 0.3 is 5.97 Å². The standard InChI is InChI=1S/C16H14ClNO3/c17-13-5-2-4-12(10-13)16(21)18-14-6-1-3-11(9-14)7-8-15(19)20/h1-6,9-10H,7-8H2,(H,18,21)(H,19,20). The van der Waals surface area contributed by atoms with Crippen molar-refractivity contribution in [3.05, 3.63) is 64.7 Å². The lowest BCUT2D eigenvalue weighted by Crippen LogP contribution is -2.12. The van der Waals surface area contributed by atoms with Gasteiger partial charge in [0.25, 0.3) is 5.91 Å². The second-order valence-corrected chi connectivity index (χ2v) is 5.00. The summed E-state index contributed by atoms with van der Waals surface area (Å²) in [5, 5.41) is 11.9. The number of rotatable bonds is 5. The number of carboxylic acid groups (broad SMARTS) is 1. The summed E-state index contributed by atoms with van der Waals surface area (Å²) in [5.74, 6) is -1.10. The number of carboxylic acids is 1. The highest BCUT2D eigenvalue weighted by Crippen LogP contribution is 2.15. The van der Waals surface area contributed by atoms with Crippen molar-refractivity contribution in [1.82, 2.24) is 0 Å². The molecular weight excluding hydrogens is 290 g/mol. The second-order valence-electron chi connectivity index (χ2n) is 4.56. The Morgan fingerprint density at radius 3 is 2.57 bits per heavy atom. The average Bonchev–Trinajstić information content (AvgIpc) is 2.45. The van der Waals surface area contributed by atoms with E-state index in [1.165, 1.54) is 0 Å². The molecule has 0 saturated heterocycles. The fraction of sp³-hybridized carbons (Fsp3) is 0.125. The molecule has 0 heterocycles. The number of hydrogen-bond acceptors (Lipinski definition) is 2. The van der Waals surface area contributed by atoms with Crippen LogP contribution in [0.4, 0.5) is 5.69 Å². The van der Waals surface area contributed by atoms with Crippen molar-refractivity contribution in [2.75, 3.05) is 5.32 Å². The zero-order chi connectivity index (χ0) is 15.2. The van der Waals surface area contributed by atoms with E-state index >= 15 is 0 Å². The zero-order valence-electron chi connectivity index (χ0n) is 11.2. The first-order valence-electron chi connectivity index (χ1n) is 6.42. The van der Waals surface area contributed by atoms with Gasteiger partial charge in [-0.1, -0.05) is 29.8 Å². The van der Waals surface area contributed by atoms with Crippen molar-refractivity contribution in [1.29, 1.82) is 0 Å². The molecule has 0 bridgehead atoms. The number of anilines is 1. The number of carbonyl (C=O) groups excluding carboxylic acids is 1. The minimum absolute atomic E-state index is 0.0612. The first-order valence-corrected chi connectivity index (χ1v) is 6.80. The zero-order valence-corrected chi connectivity index (χ0v) is 11.9. The van der Waals surface area contributed by atoms with Gasteiger partial charge in [0, 0.05) is 22.7 Å². The highest BCUT2D eigenvalue weighted by molar-refractivity contribution is 6.31. The maximum Gasteiger partial charge on any atom is 0.303 e. The largest absolute Gasteiger partial charge is 0.481 e. The number of aliphatic carboxylic acids is 1. The Bertz CT molecular complexity index is 670. The number of halogens is 1. The van der Waals surface area contributed by atoms with Crippen molar-refractivity contribution < 1.29 is 14.7 Å². The Morgan fingerprint density at radius 2 is 1.86 bits per heavy atom. The summed E-state index contributed by atoms with van der Waals surface area (Å²) in [6, 6.07) is 13.8. The van der Waals surface area contributed by atoms with Crippen molar-refractivity contribution in [2.45, 2.75) is 12.8 Å². The monoisotopic (exact) mass is 303 g/mol. The number of nitrogens with one attached hydrogen (secondary N) is 1. The molecule has 2 aromatic rings. The van der Waals surface area contributed by atoms with E-state index < -0.39 is 5.97 Å². The molecule has 1 amide bonds. The van der Waals surface area contributed by atoms with Crippen LogP contribution in [-0.2, 0) is 11.2 Å². The van der Waals surface area contributed by atoms with Crippen LogP contribution in [0.5, 0.6) is 0 Å². The van der Waals surface area contributed by atoms with E-state index in [4.69, 9.17) is 16.7 Å². The van der Waals surface area contributed by atoms with Crippen molar-refractivity contribution in [3.63, 3.8) is 0 Å². The van der Waals surface area contributed by atoms with Gasteiger partial charge in [0.2, 0.25) is 0 Å². The SMILES string of the molecule is O=C(O)CCc1cccc(NC(=O)c2cccc(Cl)c2)c1. The molecule has 0 aliphatic heterocycles. The van der Waals surface area contributed by atoms with E-state index in [1.54, 1.807) is 42.5 Å². The van der Waals surface area contributed by atoms with Gasteiger partial charge in [-0.15, -0.1) is 0 Å². The minimum atomic E-state index is -0.844. The number of carbonyl (C=O) groups is 2. The Labute approximate surface area is 127 Å². The summed E-state index contributed by atoms with van der Waals surface area (Å²) >= 11 is 5.85. The normalized spacial score (nSPS) is 10.1. The van der Waals surface area contributed by atoms with Gasteiger partial charge in [-0.2, -0.15) is 0 Å². The van der Waals surface area contributed by atoms with E-state index in [1.807, 2.05) is 6.07 Å². The average molecular weight is 304 g/mol. The molecule has 2 N–H and O–H groups in total. The molecule has 0 aliphatic carbocycles. The quantitative estimate of drug-likeness (QED) is 0.886. The molecule has 4 nitrogen and oxygen atoms in total. The van der Waals surface area contributed by atoms with Crippen LogP contribution in [-0.4, -0.2) is 17.0 Å². The Balaban J connectivity index is 2.07. The number of benzene rings is 2. The molecule has 0 unspecified atom stereocenters. The number of hydrogen-bond donors (Lipinski definition) is 2. The number of amides is 1. The number of aryl methyl sites for hydroxylation is 1. The molecule has 0 fully saturated rings. The lowest BCUT2D eigenvalue weighted by Gasteiger charge is -2.07. The van der Waals surface area contributed by atoms with Crippen LogP contribution in [0.15, 0.2) is 48.5 Å². The molecule has 2 rings (SSSR count). The van der Waals surface area contributed by atoms with Crippen molar-refractivity contribution >= 4 is 29.2 Å². The Kier molecular flexibility index (Phi) is 4.95. The van der Waals surface area contributed by atoms with E-state index in [2.05, 4.69) is 5.32 Å². The predicted molar refractivity (Wildman–Crippen MR) is 81.8 cm³/mol. The topological polar surface area (TPSA) is 66.4 Å². The minimum Gasteiger partial charge on any atom is -0.481 e.